The summed E-state index contributed by atoms with van der Waals surface area (Å²) in [6.45, 7) is 9.16. The van der Waals surface area contributed by atoms with Crippen LogP contribution in [0.25, 0.3) is 22.2 Å². The highest BCUT2D eigenvalue weighted by molar-refractivity contribution is 6.08. The number of likely N-dealkylation sites (tertiary alicyclic amines) is 1. The van der Waals surface area contributed by atoms with Crippen LogP contribution in [0.1, 0.15) is 41.6 Å². The number of carbonyl (C=O) groups excluding carboxylic acids is 1. The summed E-state index contributed by atoms with van der Waals surface area (Å²) in [7, 11) is 1.85. The summed E-state index contributed by atoms with van der Waals surface area (Å²) in [5, 5.41) is 5.52. The van der Waals surface area contributed by atoms with E-state index in [4.69, 9.17) is 0 Å². The molecule has 0 spiro atoms. The average molecular weight is 523 g/mol. The number of fused-ring (bicyclic) bond motifs is 1. The van der Waals surface area contributed by atoms with Crippen LogP contribution >= 0.6 is 0 Å². The van der Waals surface area contributed by atoms with Gasteiger partial charge in [0.15, 0.2) is 0 Å². The first kappa shape index (κ1) is 25.4. The molecule has 1 saturated heterocycles. The van der Waals surface area contributed by atoms with E-state index in [0.29, 0.717) is 35.8 Å². The van der Waals surface area contributed by atoms with E-state index in [-0.39, 0.29) is 11.7 Å². The van der Waals surface area contributed by atoms with Crippen LogP contribution in [0.2, 0.25) is 0 Å². The van der Waals surface area contributed by atoms with Gasteiger partial charge in [-0.1, -0.05) is 49.0 Å². The Kier molecular flexibility index (Phi) is 6.71. The Morgan fingerprint density at radius 1 is 1.03 bits per heavy atom. The van der Waals surface area contributed by atoms with E-state index in [1.165, 1.54) is 41.9 Å². The minimum Gasteiger partial charge on any atom is -0.345 e. The van der Waals surface area contributed by atoms with Crippen LogP contribution in [-0.4, -0.2) is 40.2 Å². The largest absolute Gasteiger partial charge is 0.345 e. The fourth-order valence-corrected chi connectivity index (χ4v) is 5.96. The number of hydrogen-bond acceptors (Lipinski definition) is 3. The Hall–Kier alpha value is -3.93. The summed E-state index contributed by atoms with van der Waals surface area (Å²) in [6.07, 6.45) is 4.38. The Morgan fingerprint density at radius 2 is 1.77 bits per heavy atom. The molecule has 4 aromatic rings. The number of piperidine rings is 1. The van der Waals surface area contributed by atoms with Crippen molar-refractivity contribution < 1.29 is 9.18 Å². The van der Waals surface area contributed by atoms with Crippen molar-refractivity contribution in [2.75, 3.05) is 24.5 Å². The van der Waals surface area contributed by atoms with Crippen LogP contribution < -0.4 is 4.90 Å². The number of hydrogen-bond donors (Lipinski definition) is 0. The van der Waals surface area contributed by atoms with Gasteiger partial charge in [-0.2, -0.15) is 5.10 Å². The smallest absolute Gasteiger partial charge is 0.256 e. The van der Waals surface area contributed by atoms with Crippen molar-refractivity contribution in [3.05, 3.63) is 96.0 Å². The molecular weight excluding hydrogens is 487 g/mol. The summed E-state index contributed by atoms with van der Waals surface area (Å²) in [5.74, 6) is 0.812. The van der Waals surface area contributed by atoms with E-state index >= 15 is 0 Å². The first-order valence-corrected chi connectivity index (χ1v) is 13.9. The lowest BCUT2D eigenvalue weighted by Gasteiger charge is -2.38. The summed E-state index contributed by atoms with van der Waals surface area (Å²) in [4.78, 5) is 18.2. The normalized spacial score (nSPS) is 16.0. The molecule has 6 heteroatoms. The van der Waals surface area contributed by atoms with E-state index in [1.807, 2.05) is 36.2 Å². The molecule has 1 amide bonds. The number of allylic oxidation sites excluding steroid dienone is 1. The minimum absolute atomic E-state index is 0.0206. The van der Waals surface area contributed by atoms with Gasteiger partial charge in [0, 0.05) is 54.9 Å². The Balaban J connectivity index is 1.20. The fraction of sp³-hybridized carbons (Fsp3) is 0.333. The number of aryl methyl sites for hydroxylation is 2. The number of benzene rings is 3. The standard InChI is InChI=1S/C33H35FN4O/c1-22-8-4-5-13-30(22)38(21-24-14-15-24)23(2)25-16-18-37(19-17-25)33(39)29-12-7-11-28-31(35-36(3)32(28)29)26-9-6-10-27(34)20-26/h4-13,20,24-25H,2,14-19,21H2,1,3H3. The molecule has 0 unspecified atom stereocenters. The molecule has 0 N–H and O–H groups in total. The van der Waals surface area contributed by atoms with Crippen LogP contribution in [0, 0.1) is 24.6 Å². The highest BCUT2D eigenvalue weighted by Gasteiger charge is 2.32. The maximum absolute atomic E-state index is 13.9. The van der Waals surface area contributed by atoms with Gasteiger partial charge in [-0.3, -0.25) is 9.48 Å². The van der Waals surface area contributed by atoms with E-state index in [2.05, 4.69) is 47.8 Å². The number of para-hydroxylation sites is 2. The molecule has 1 aromatic heterocycles. The number of anilines is 1. The van der Waals surface area contributed by atoms with Crippen LogP contribution in [0.3, 0.4) is 0 Å². The highest BCUT2D eigenvalue weighted by atomic mass is 19.1. The zero-order chi connectivity index (χ0) is 27.1. The molecule has 0 atom stereocenters. The number of carbonyl (C=O) groups is 1. The van der Waals surface area contributed by atoms with Gasteiger partial charge < -0.3 is 9.80 Å². The van der Waals surface area contributed by atoms with Crippen molar-refractivity contribution in [3.63, 3.8) is 0 Å². The number of nitrogens with zero attached hydrogens (tertiary/aromatic N) is 4. The summed E-state index contributed by atoms with van der Waals surface area (Å²) >= 11 is 0. The van der Waals surface area contributed by atoms with Crippen LogP contribution in [0.15, 0.2) is 79.0 Å². The molecule has 0 radical (unpaired) electrons. The van der Waals surface area contributed by atoms with Crippen molar-refractivity contribution in [1.82, 2.24) is 14.7 Å². The zero-order valence-electron chi connectivity index (χ0n) is 22.7. The zero-order valence-corrected chi connectivity index (χ0v) is 22.7. The maximum Gasteiger partial charge on any atom is 0.256 e. The molecule has 200 valence electrons. The molecule has 2 heterocycles. The van der Waals surface area contributed by atoms with Gasteiger partial charge in [0.25, 0.3) is 5.91 Å². The lowest BCUT2D eigenvalue weighted by molar-refractivity contribution is 0.0703. The molecule has 5 nitrogen and oxygen atoms in total. The third-order valence-electron chi connectivity index (χ3n) is 8.34. The van der Waals surface area contributed by atoms with E-state index in [1.54, 1.807) is 10.7 Å². The SMILES string of the molecule is C=C(C1CCN(C(=O)c2cccc3c(-c4cccc(F)c4)nn(C)c23)CC1)N(CC1CC1)c1ccccc1C. The molecule has 39 heavy (non-hydrogen) atoms. The minimum atomic E-state index is -0.305. The molecule has 2 aliphatic rings. The van der Waals surface area contributed by atoms with Gasteiger partial charge in [0.05, 0.1) is 11.1 Å². The van der Waals surface area contributed by atoms with E-state index < -0.39 is 0 Å². The second-order valence-corrected chi connectivity index (χ2v) is 11.1. The third kappa shape index (κ3) is 4.96. The molecular formula is C33H35FN4O. The predicted octanol–water partition coefficient (Wildman–Crippen LogP) is 6.97. The third-order valence-corrected chi connectivity index (χ3v) is 8.34. The van der Waals surface area contributed by atoms with Gasteiger partial charge in [0.2, 0.25) is 0 Å². The number of rotatable bonds is 7. The molecule has 1 aliphatic carbocycles. The number of amides is 1. The first-order chi connectivity index (χ1) is 18.9. The quantitative estimate of drug-likeness (QED) is 0.263. The van der Waals surface area contributed by atoms with Crippen LogP contribution in [0.5, 0.6) is 0 Å². The van der Waals surface area contributed by atoms with Crippen LogP contribution in [-0.2, 0) is 7.05 Å². The molecule has 3 aromatic carbocycles. The van der Waals surface area contributed by atoms with Gasteiger partial charge >= 0.3 is 0 Å². The Bertz CT molecular complexity index is 1540. The molecule has 0 bridgehead atoms. The Morgan fingerprint density at radius 3 is 2.49 bits per heavy atom. The van der Waals surface area contributed by atoms with Crippen molar-refractivity contribution in [1.29, 1.82) is 0 Å². The van der Waals surface area contributed by atoms with Crippen LogP contribution in [0.4, 0.5) is 10.1 Å². The molecule has 2 fully saturated rings. The van der Waals surface area contributed by atoms with Crippen molar-refractivity contribution in [3.8, 4) is 11.3 Å². The number of halogens is 1. The van der Waals surface area contributed by atoms with E-state index in [9.17, 15) is 9.18 Å². The topological polar surface area (TPSA) is 41.4 Å². The molecule has 1 saturated carbocycles. The van der Waals surface area contributed by atoms with Gasteiger partial charge in [-0.15, -0.1) is 0 Å². The Labute approximate surface area is 229 Å². The first-order valence-electron chi connectivity index (χ1n) is 13.9. The second kappa shape index (κ2) is 10.3. The molecule has 1 aliphatic heterocycles. The van der Waals surface area contributed by atoms with Crippen molar-refractivity contribution in [2.24, 2.45) is 18.9 Å². The average Bonchev–Trinajstić information content (AvgIpc) is 3.72. The summed E-state index contributed by atoms with van der Waals surface area (Å²) in [5.41, 5.74) is 6.51. The second-order valence-electron chi connectivity index (χ2n) is 11.1. The fourth-order valence-electron chi connectivity index (χ4n) is 5.96. The maximum atomic E-state index is 13.9. The van der Waals surface area contributed by atoms with Gasteiger partial charge in [0.1, 0.15) is 11.5 Å². The van der Waals surface area contributed by atoms with E-state index in [0.717, 1.165) is 36.2 Å². The van der Waals surface area contributed by atoms with Gasteiger partial charge in [-0.05, 0) is 68.4 Å². The number of aromatic nitrogens is 2. The van der Waals surface area contributed by atoms with Crippen molar-refractivity contribution >= 4 is 22.5 Å². The highest BCUT2D eigenvalue weighted by Crippen LogP contribution is 2.38. The van der Waals surface area contributed by atoms with Crippen molar-refractivity contribution in [2.45, 2.75) is 32.6 Å². The molecule has 6 rings (SSSR count). The lowest BCUT2D eigenvalue weighted by atomic mass is 9.92. The van der Waals surface area contributed by atoms with Gasteiger partial charge in [-0.25, -0.2) is 4.39 Å². The summed E-state index contributed by atoms with van der Waals surface area (Å²) in [6, 6.07) is 20.7. The summed E-state index contributed by atoms with van der Waals surface area (Å²) < 4.78 is 15.7. The monoisotopic (exact) mass is 522 g/mol. The lowest BCUT2D eigenvalue weighted by Crippen LogP contribution is -2.41. The predicted molar refractivity (Wildman–Crippen MR) is 155 cm³/mol.